The lowest BCUT2D eigenvalue weighted by Gasteiger charge is -2.34. The highest BCUT2D eigenvalue weighted by Gasteiger charge is 2.25. The minimum Gasteiger partial charge on any atom is -0.338 e. The zero-order valence-electron chi connectivity index (χ0n) is 23.0. The van der Waals surface area contributed by atoms with Crippen LogP contribution in [0.25, 0.3) is 22.2 Å². The van der Waals surface area contributed by atoms with Crippen LogP contribution in [0.1, 0.15) is 17.4 Å². The second kappa shape index (κ2) is 11.7. The smallest absolute Gasteiger partial charge is 0.274 e. The van der Waals surface area contributed by atoms with Crippen molar-refractivity contribution in [2.24, 2.45) is 7.05 Å². The molecule has 1 aliphatic rings. The summed E-state index contributed by atoms with van der Waals surface area (Å²) in [6.45, 7) is 7.04. The van der Waals surface area contributed by atoms with Crippen molar-refractivity contribution in [3.8, 4) is 11.3 Å². The van der Waals surface area contributed by atoms with E-state index < -0.39 is 17.5 Å². The van der Waals surface area contributed by atoms with Crippen molar-refractivity contribution in [1.82, 2.24) is 34.3 Å². The number of piperazine rings is 1. The predicted octanol–water partition coefficient (Wildman–Crippen LogP) is 3.17. The lowest BCUT2D eigenvalue weighted by Crippen LogP contribution is -2.51. The summed E-state index contributed by atoms with van der Waals surface area (Å²) in [5, 5.41) is 11.3. The summed E-state index contributed by atoms with van der Waals surface area (Å²) >= 11 is 0. The van der Waals surface area contributed by atoms with Gasteiger partial charge in [0.05, 0.1) is 17.4 Å². The molecule has 0 saturated carbocycles. The van der Waals surface area contributed by atoms with Crippen molar-refractivity contribution in [3.05, 3.63) is 84.5 Å². The number of nitrogens with one attached hydrogen (secondary N) is 1. The third-order valence-corrected chi connectivity index (χ3v) is 6.81. The second-order valence-electron chi connectivity index (χ2n) is 9.80. The fraction of sp³-hybridized carbons (Fsp3) is 0.241. The maximum atomic E-state index is 14.9. The molecule has 4 aromatic rings. The number of aryl methyl sites for hydroxylation is 1. The number of carbonyl (C=O) groups excluding carboxylic acids is 3. The normalized spacial score (nSPS) is 13.6. The molecule has 1 fully saturated rings. The number of amides is 3. The van der Waals surface area contributed by atoms with Gasteiger partial charge in [0.25, 0.3) is 11.8 Å². The summed E-state index contributed by atoms with van der Waals surface area (Å²) in [6, 6.07) is 4.89. The van der Waals surface area contributed by atoms with E-state index in [4.69, 9.17) is 0 Å². The Balaban J connectivity index is 1.25. The zero-order valence-corrected chi connectivity index (χ0v) is 23.0. The third kappa shape index (κ3) is 5.94. The molecule has 0 aliphatic carbocycles. The summed E-state index contributed by atoms with van der Waals surface area (Å²) in [5.74, 6) is -2.44. The van der Waals surface area contributed by atoms with Gasteiger partial charge in [-0.15, -0.1) is 0 Å². The van der Waals surface area contributed by atoms with E-state index in [0.717, 1.165) is 12.1 Å². The fourth-order valence-corrected chi connectivity index (χ4v) is 4.65. The minimum atomic E-state index is -0.734. The number of rotatable bonds is 7. The van der Waals surface area contributed by atoms with Gasteiger partial charge < -0.3 is 15.1 Å². The second-order valence-corrected chi connectivity index (χ2v) is 9.80. The van der Waals surface area contributed by atoms with Gasteiger partial charge in [-0.2, -0.15) is 10.2 Å². The van der Waals surface area contributed by atoms with Gasteiger partial charge in [-0.05, 0) is 25.1 Å². The van der Waals surface area contributed by atoms with Crippen LogP contribution >= 0.6 is 0 Å². The Morgan fingerprint density at radius 3 is 2.48 bits per heavy atom. The van der Waals surface area contributed by atoms with E-state index in [1.54, 1.807) is 41.4 Å². The molecule has 0 radical (unpaired) electrons. The molecule has 11 nitrogen and oxygen atoms in total. The van der Waals surface area contributed by atoms with E-state index in [-0.39, 0.29) is 35.4 Å². The van der Waals surface area contributed by atoms with E-state index in [1.807, 2.05) is 6.92 Å². The summed E-state index contributed by atoms with van der Waals surface area (Å²) in [5.41, 5.74) is 0.813. The number of carbonyl (C=O) groups is 3. The summed E-state index contributed by atoms with van der Waals surface area (Å²) in [6.07, 6.45) is 7.97. The van der Waals surface area contributed by atoms with Crippen LogP contribution in [-0.4, -0.2) is 78.2 Å². The van der Waals surface area contributed by atoms with Crippen molar-refractivity contribution in [1.29, 1.82) is 0 Å². The van der Waals surface area contributed by atoms with Crippen LogP contribution < -0.4 is 5.32 Å². The van der Waals surface area contributed by atoms with E-state index in [1.165, 1.54) is 27.7 Å². The average Bonchev–Trinajstić information content (AvgIpc) is 3.58. The Bertz CT molecular complexity index is 1730. The highest BCUT2D eigenvalue weighted by molar-refractivity contribution is 6.04. The van der Waals surface area contributed by atoms with Gasteiger partial charge in [-0.25, -0.2) is 13.8 Å². The molecule has 13 heteroatoms. The van der Waals surface area contributed by atoms with E-state index in [2.05, 4.69) is 27.1 Å². The molecular weight excluding hydrogens is 546 g/mol. The largest absolute Gasteiger partial charge is 0.338 e. The number of anilines is 1. The molecule has 0 atom stereocenters. The molecule has 1 aliphatic heterocycles. The minimum absolute atomic E-state index is 0.0512. The lowest BCUT2D eigenvalue weighted by atomic mass is 10.2. The molecule has 0 spiro atoms. The molecule has 4 heterocycles. The van der Waals surface area contributed by atoms with Crippen LogP contribution in [0, 0.1) is 11.6 Å². The first-order valence-electron chi connectivity index (χ1n) is 13.1. The Morgan fingerprint density at radius 2 is 1.79 bits per heavy atom. The molecule has 1 N–H and O–H groups in total. The average molecular weight is 575 g/mol. The van der Waals surface area contributed by atoms with E-state index in [9.17, 15) is 23.2 Å². The Labute approximate surface area is 239 Å². The van der Waals surface area contributed by atoms with Crippen LogP contribution in [-0.2, 0) is 23.2 Å². The predicted molar refractivity (Wildman–Crippen MR) is 151 cm³/mol. The quantitative estimate of drug-likeness (QED) is 0.268. The van der Waals surface area contributed by atoms with Crippen LogP contribution in [0.2, 0.25) is 0 Å². The first-order valence-corrected chi connectivity index (χ1v) is 13.1. The van der Waals surface area contributed by atoms with Crippen LogP contribution in [0.3, 0.4) is 0 Å². The van der Waals surface area contributed by atoms with E-state index >= 15 is 0 Å². The van der Waals surface area contributed by atoms with Gasteiger partial charge in [-0.1, -0.05) is 18.7 Å². The summed E-state index contributed by atoms with van der Waals surface area (Å²) in [7, 11) is 1.67. The van der Waals surface area contributed by atoms with Gasteiger partial charge in [0.2, 0.25) is 5.91 Å². The number of nitrogens with zero attached hydrogens (tertiary/aromatic N) is 7. The standard InChI is InChI=1S/C29H28F2N8O3/c1-4-5-18(2)29(42)38-10-8-37(9-11-38)26(40)17-39-16-19-12-25(22(31)13-24(19)35-39)34-28(41)23-7-6-21(30)27(33-23)20-14-32-36(3)15-20/h4-7,12-16H,2,8-11,17H2,1,3H3,(H,34,41)/b5-4-. The molecule has 1 aromatic carbocycles. The lowest BCUT2D eigenvalue weighted by molar-refractivity contribution is -0.138. The van der Waals surface area contributed by atoms with E-state index in [0.29, 0.717) is 48.2 Å². The number of fused-ring (bicyclic) bond motifs is 1. The Morgan fingerprint density at radius 1 is 1.05 bits per heavy atom. The number of hydrogen-bond donors (Lipinski definition) is 1. The first-order chi connectivity index (χ1) is 20.1. The number of benzene rings is 1. The highest BCUT2D eigenvalue weighted by Crippen LogP contribution is 2.24. The van der Waals surface area contributed by atoms with Gasteiger partial charge in [0, 0.05) is 68.2 Å². The Hall–Kier alpha value is -5.20. The van der Waals surface area contributed by atoms with Crippen molar-refractivity contribution in [3.63, 3.8) is 0 Å². The van der Waals surface area contributed by atoms with Gasteiger partial charge in [0.1, 0.15) is 29.6 Å². The van der Waals surface area contributed by atoms with Gasteiger partial charge in [0.15, 0.2) is 0 Å². The molecule has 42 heavy (non-hydrogen) atoms. The highest BCUT2D eigenvalue weighted by atomic mass is 19.1. The van der Waals surface area contributed by atoms with Crippen molar-refractivity contribution in [2.45, 2.75) is 13.5 Å². The van der Waals surface area contributed by atoms with Crippen LogP contribution in [0.15, 0.2) is 67.2 Å². The van der Waals surface area contributed by atoms with Crippen molar-refractivity contribution >= 4 is 34.3 Å². The Kier molecular flexibility index (Phi) is 7.91. The maximum absolute atomic E-state index is 14.9. The zero-order chi connectivity index (χ0) is 30.0. The number of allylic oxidation sites excluding steroid dienone is 1. The number of pyridine rings is 1. The summed E-state index contributed by atoms with van der Waals surface area (Å²) in [4.78, 5) is 45.6. The van der Waals surface area contributed by atoms with Crippen molar-refractivity contribution < 1.29 is 23.2 Å². The monoisotopic (exact) mass is 574 g/mol. The molecule has 3 amide bonds. The molecule has 1 saturated heterocycles. The SMILES string of the molecule is C=C(/C=C\C)C(=O)N1CCN(C(=O)Cn2cc3cc(NC(=O)c4ccc(F)c(-c5cnn(C)c5)n4)c(F)cc3n2)CC1. The topological polar surface area (TPSA) is 118 Å². The molecular formula is C29H28F2N8O3. The maximum Gasteiger partial charge on any atom is 0.274 e. The molecule has 0 unspecified atom stereocenters. The van der Waals surface area contributed by atoms with Gasteiger partial charge >= 0.3 is 0 Å². The van der Waals surface area contributed by atoms with Gasteiger partial charge in [-0.3, -0.25) is 23.7 Å². The third-order valence-electron chi connectivity index (χ3n) is 6.81. The number of aromatic nitrogens is 5. The van der Waals surface area contributed by atoms with Crippen molar-refractivity contribution in [2.75, 3.05) is 31.5 Å². The molecule has 216 valence electrons. The molecule has 3 aromatic heterocycles. The van der Waals surface area contributed by atoms with Crippen LogP contribution in [0.4, 0.5) is 14.5 Å². The first kappa shape index (κ1) is 28.3. The number of halogens is 2. The molecule has 0 bridgehead atoms. The molecule has 5 rings (SSSR count). The number of hydrogen-bond acceptors (Lipinski definition) is 6. The fourth-order valence-electron chi connectivity index (χ4n) is 4.65. The summed E-state index contributed by atoms with van der Waals surface area (Å²) < 4.78 is 32.2. The van der Waals surface area contributed by atoms with Crippen LogP contribution in [0.5, 0.6) is 0 Å².